The second kappa shape index (κ2) is 10.8. The lowest BCUT2D eigenvalue weighted by molar-refractivity contribution is -0.286. The van der Waals surface area contributed by atoms with E-state index in [2.05, 4.69) is 21.5 Å². The topological polar surface area (TPSA) is 96.5 Å². The zero-order valence-electron chi connectivity index (χ0n) is 19.5. The molecule has 3 aromatic rings. The Kier molecular flexibility index (Phi) is 7.87. The van der Waals surface area contributed by atoms with E-state index in [1.165, 1.54) is 6.33 Å². The molecule has 33 heavy (non-hydrogen) atoms. The fourth-order valence-electron chi connectivity index (χ4n) is 4.12. The van der Waals surface area contributed by atoms with Gasteiger partial charge < -0.3 is 29.8 Å². The van der Waals surface area contributed by atoms with Gasteiger partial charge >= 0.3 is 0 Å². The van der Waals surface area contributed by atoms with Gasteiger partial charge in [0, 0.05) is 36.5 Å². The number of aromatic nitrogens is 3. The number of fused-ring (bicyclic) bond motifs is 1. The van der Waals surface area contributed by atoms with Crippen LogP contribution in [0.15, 0.2) is 42.9 Å². The lowest BCUT2D eigenvalue weighted by atomic mass is 10.0. The third kappa shape index (κ3) is 6.04. The van der Waals surface area contributed by atoms with E-state index in [0.717, 1.165) is 34.5 Å². The molecule has 0 aliphatic carbocycles. The van der Waals surface area contributed by atoms with E-state index in [-0.39, 0.29) is 12.0 Å². The molecule has 1 aliphatic heterocycles. The summed E-state index contributed by atoms with van der Waals surface area (Å²) in [6.07, 6.45) is 5.82. The summed E-state index contributed by atoms with van der Waals surface area (Å²) in [5, 5.41) is 3.57. The monoisotopic (exact) mass is 471 g/mol. The molecule has 9 heteroatoms. The second-order valence-corrected chi connectivity index (χ2v) is 9.67. The SMILES string of the molecule is CSCC1OC(C)(C)OCC1CNCc1cn(COCc2ccccc2)c2c(N)ncnc12. The smallest absolute Gasteiger partial charge is 0.163 e. The summed E-state index contributed by atoms with van der Waals surface area (Å²) >= 11 is 1.80. The zero-order valence-corrected chi connectivity index (χ0v) is 20.3. The molecule has 2 unspecified atom stereocenters. The molecule has 1 saturated heterocycles. The van der Waals surface area contributed by atoms with E-state index in [9.17, 15) is 0 Å². The molecule has 1 aliphatic rings. The molecule has 0 amide bonds. The number of hydrogen-bond acceptors (Lipinski definition) is 8. The molecule has 0 bridgehead atoms. The third-order valence-corrected chi connectivity index (χ3v) is 6.42. The van der Waals surface area contributed by atoms with Gasteiger partial charge in [0.2, 0.25) is 0 Å². The normalized spacial score (nSPS) is 20.3. The molecule has 178 valence electrons. The van der Waals surface area contributed by atoms with E-state index >= 15 is 0 Å². The van der Waals surface area contributed by atoms with Crippen LogP contribution in [0.3, 0.4) is 0 Å². The molecule has 1 aromatic carbocycles. The van der Waals surface area contributed by atoms with Crippen LogP contribution >= 0.6 is 11.8 Å². The summed E-state index contributed by atoms with van der Waals surface area (Å²) in [5.41, 5.74) is 10.0. The van der Waals surface area contributed by atoms with Gasteiger partial charge in [0.1, 0.15) is 18.6 Å². The van der Waals surface area contributed by atoms with Crippen LogP contribution < -0.4 is 11.1 Å². The van der Waals surface area contributed by atoms with Gasteiger partial charge in [-0.2, -0.15) is 11.8 Å². The van der Waals surface area contributed by atoms with Crippen LogP contribution in [0, 0.1) is 5.92 Å². The highest BCUT2D eigenvalue weighted by Gasteiger charge is 2.35. The molecule has 0 radical (unpaired) electrons. The first-order valence-electron chi connectivity index (χ1n) is 11.2. The standard InChI is InChI=1S/C24H33N5O3S/c1-24(2)31-13-19(20(32-24)14-33-3)10-26-9-18-11-29(22-21(18)27-15-28-23(22)25)16-30-12-17-7-5-4-6-8-17/h4-8,11,15,19-20,26H,9-10,12-14,16H2,1-3H3,(H2,25,27,28). The van der Waals surface area contributed by atoms with Crippen LogP contribution in [-0.2, 0) is 34.1 Å². The number of nitrogens with zero attached hydrogens (tertiary/aromatic N) is 3. The Bertz CT molecular complexity index is 1040. The predicted molar refractivity (Wildman–Crippen MR) is 132 cm³/mol. The number of ether oxygens (including phenoxy) is 3. The first-order chi connectivity index (χ1) is 16.0. The number of anilines is 1. The zero-order chi connectivity index (χ0) is 23.3. The number of nitrogen functional groups attached to an aromatic ring is 1. The maximum atomic E-state index is 6.19. The highest BCUT2D eigenvalue weighted by Crippen LogP contribution is 2.28. The van der Waals surface area contributed by atoms with Crippen molar-refractivity contribution in [1.29, 1.82) is 0 Å². The third-order valence-electron chi connectivity index (χ3n) is 5.75. The average Bonchev–Trinajstić information content (AvgIpc) is 3.15. The molecule has 4 rings (SSSR count). The van der Waals surface area contributed by atoms with Gasteiger partial charge in [0.25, 0.3) is 0 Å². The lowest BCUT2D eigenvalue weighted by Gasteiger charge is -2.41. The van der Waals surface area contributed by atoms with E-state index in [0.29, 0.717) is 32.3 Å². The van der Waals surface area contributed by atoms with Gasteiger partial charge in [-0.05, 0) is 25.7 Å². The predicted octanol–water partition coefficient (Wildman–Crippen LogP) is 3.41. The minimum Gasteiger partial charge on any atom is -0.382 e. The van der Waals surface area contributed by atoms with Gasteiger partial charge in [-0.15, -0.1) is 0 Å². The Labute approximate surface area is 199 Å². The van der Waals surface area contributed by atoms with Gasteiger partial charge in [-0.1, -0.05) is 30.3 Å². The number of benzene rings is 1. The lowest BCUT2D eigenvalue weighted by Crippen LogP contribution is -2.49. The van der Waals surface area contributed by atoms with Crippen molar-refractivity contribution in [2.45, 2.75) is 45.6 Å². The highest BCUT2D eigenvalue weighted by atomic mass is 32.2. The fourth-order valence-corrected chi connectivity index (χ4v) is 4.79. The Balaban J connectivity index is 1.41. The minimum atomic E-state index is -0.529. The van der Waals surface area contributed by atoms with Gasteiger partial charge in [-0.3, -0.25) is 0 Å². The molecular formula is C24H33N5O3S. The van der Waals surface area contributed by atoms with Crippen LogP contribution in [0.2, 0.25) is 0 Å². The molecule has 2 aromatic heterocycles. The van der Waals surface area contributed by atoms with Crippen molar-refractivity contribution in [3.8, 4) is 0 Å². The van der Waals surface area contributed by atoms with Crippen molar-refractivity contribution in [3.63, 3.8) is 0 Å². The second-order valence-electron chi connectivity index (χ2n) is 8.76. The van der Waals surface area contributed by atoms with E-state index in [4.69, 9.17) is 19.9 Å². The minimum absolute atomic E-state index is 0.155. The van der Waals surface area contributed by atoms with E-state index in [1.807, 2.05) is 54.9 Å². The molecular weight excluding hydrogens is 438 g/mol. The maximum absolute atomic E-state index is 6.19. The van der Waals surface area contributed by atoms with Crippen molar-refractivity contribution in [2.24, 2.45) is 5.92 Å². The van der Waals surface area contributed by atoms with Crippen molar-refractivity contribution < 1.29 is 14.2 Å². The van der Waals surface area contributed by atoms with Crippen LogP contribution in [0.4, 0.5) is 5.82 Å². The van der Waals surface area contributed by atoms with Crippen LogP contribution in [0.5, 0.6) is 0 Å². The summed E-state index contributed by atoms with van der Waals surface area (Å²) in [6.45, 7) is 6.97. The summed E-state index contributed by atoms with van der Waals surface area (Å²) in [4.78, 5) is 8.68. The fraction of sp³-hybridized carbons (Fsp3) is 0.500. The largest absolute Gasteiger partial charge is 0.382 e. The van der Waals surface area contributed by atoms with E-state index < -0.39 is 5.79 Å². The first-order valence-corrected chi connectivity index (χ1v) is 12.6. The Hall–Kier alpha value is -2.17. The number of hydrogen-bond donors (Lipinski definition) is 2. The maximum Gasteiger partial charge on any atom is 0.163 e. The highest BCUT2D eigenvalue weighted by molar-refractivity contribution is 7.98. The van der Waals surface area contributed by atoms with E-state index in [1.54, 1.807) is 11.8 Å². The molecule has 3 N–H and O–H groups in total. The number of thioether (sulfide) groups is 1. The summed E-state index contributed by atoms with van der Waals surface area (Å²) in [5.74, 6) is 1.15. The average molecular weight is 472 g/mol. The van der Waals surface area contributed by atoms with Crippen molar-refractivity contribution >= 4 is 28.6 Å². The Morgan fingerprint density at radius 1 is 1.27 bits per heavy atom. The summed E-state index contributed by atoms with van der Waals surface area (Å²) in [6, 6.07) is 10.1. The van der Waals surface area contributed by atoms with Gasteiger partial charge in [0.15, 0.2) is 11.6 Å². The first kappa shape index (κ1) is 24.0. The molecule has 1 fully saturated rings. The van der Waals surface area contributed by atoms with Gasteiger partial charge in [-0.25, -0.2) is 9.97 Å². The number of rotatable bonds is 10. The van der Waals surface area contributed by atoms with Crippen molar-refractivity contribution in [2.75, 3.05) is 30.9 Å². The van der Waals surface area contributed by atoms with Crippen LogP contribution in [0.1, 0.15) is 25.0 Å². The summed E-state index contributed by atoms with van der Waals surface area (Å²) in [7, 11) is 0. The molecule has 0 spiro atoms. The van der Waals surface area contributed by atoms with Crippen molar-refractivity contribution in [3.05, 3.63) is 54.0 Å². The number of nitrogens with one attached hydrogen (secondary N) is 1. The molecule has 2 atom stereocenters. The molecule has 8 nitrogen and oxygen atoms in total. The molecule has 3 heterocycles. The Morgan fingerprint density at radius 2 is 2.09 bits per heavy atom. The van der Waals surface area contributed by atoms with Crippen LogP contribution in [0.25, 0.3) is 11.0 Å². The number of nitrogens with two attached hydrogens (primary N) is 1. The summed E-state index contributed by atoms with van der Waals surface area (Å²) < 4.78 is 20.0. The Morgan fingerprint density at radius 3 is 2.88 bits per heavy atom. The van der Waals surface area contributed by atoms with Crippen LogP contribution in [-0.4, -0.2) is 51.6 Å². The quantitative estimate of drug-likeness (QED) is 0.464. The van der Waals surface area contributed by atoms with Gasteiger partial charge in [0.05, 0.1) is 24.8 Å². The molecule has 0 saturated carbocycles. The van der Waals surface area contributed by atoms with Crippen molar-refractivity contribution in [1.82, 2.24) is 19.9 Å².